The van der Waals surface area contributed by atoms with E-state index in [9.17, 15) is 9.18 Å². The molecule has 0 bridgehead atoms. The number of nitrogens with two attached hydrogens (primary N) is 1. The average Bonchev–Trinajstić information content (AvgIpc) is 3.69. The number of aromatic nitrogens is 6. The highest BCUT2D eigenvalue weighted by atomic mass is 19.1. The lowest BCUT2D eigenvalue weighted by molar-refractivity contribution is 0.146. The van der Waals surface area contributed by atoms with Crippen molar-refractivity contribution in [2.45, 2.75) is 6.54 Å². The van der Waals surface area contributed by atoms with E-state index in [0.717, 1.165) is 13.1 Å². The lowest BCUT2D eigenvalue weighted by Crippen LogP contribution is -2.47. The third-order valence-corrected chi connectivity index (χ3v) is 7.15. The number of anilines is 2. The summed E-state index contributed by atoms with van der Waals surface area (Å²) >= 11 is 0. The number of methoxy groups -OCH3 is 1. The van der Waals surface area contributed by atoms with Crippen LogP contribution in [0.5, 0.6) is 5.75 Å². The van der Waals surface area contributed by atoms with Gasteiger partial charge in [-0.05, 0) is 24.3 Å². The number of piperazine rings is 1. The molecule has 1 aliphatic heterocycles. The average molecular weight is 552 g/mol. The third kappa shape index (κ3) is 4.64. The Hall–Kier alpha value is -4.43. The summed E-state index contributed by atoms with van der Waals surface area (Å²) in [5.41, 5.74) is 7.97. The molecule has 0 unspecified atom stereocenters. The fraction of sp³-hybridized carbons (Fsp3) is 0.385. The summed E-state index contributed by atoms with van der Waals surface area (Å²) in [7, 11) is 3.27. The van der Waals surface area contributed by atoms with Crippen molar-refractivity contribution >= 4 is 28.4 Å². The molecule has 0 saturated carbocycles. The molecule has 6 rings (SSSR count). The molecular weight excluding hydrogens is 521 g/mol. The number of nitrogens with zero attached hydrogens (tertiary/aromatic N) is 8. The Morgan fingerprint density at radius 2 is 1.90 bits per heavy atom. The first-order valence-electron chi connectivity index (χ1n) is 13.0. The summed E-state index contributed by atoms with van der Waals surface area (Å²) in [6.45, 7) is 4.61. The minimum Gasteiger partial charge on any atom is -0.491 e. The van der Waals surface area contributed by atoms with E-state index >= 15 is 0 Å². The van der Waals surface area contributed by atoms with Gasteiger partial charge in [-0.2, -0.15) is 9.50 Å². The number of halogens is 1. The van der Waals surface area contributed by atoms with Gasteiger partial charge in [-0.15, -0.1) is 5.10 Å². The maximum Gasteiger partial charge on any atom is 0.330 e. The zero-order valence-electron chi connectivity index (χ0n) is 22.3. The SMILES string of the molecule is COCCOc1ccc(N2CCN(CCn3c(=O)n(C)c4c3nc(N)n3nc(-c5ccco5)nc43)CC2)c(F)c1. The monoisotopic (exact) mass is 551 g/mol. The molecule has 0 spiro atoms. The van der Waals surface area contributed by atoms with Crippen molar-refractivity contribution in [1.82, 2.24) is 33.6 Å². The molecule has 0 radical (unpaired) electrons. The van der Waals surface area contributed by atoms with E-state index in [-0.39, 0.29) is 17.5 Å². The van der Waals surface area contributed by atoms with Crippen LogP contribution in [-0.2, 0) is 18.3 Å². The predicted octanol–water partition coefficient (Wildman–Crippen LogP) is 1.61. The quantitative estimate of drug-likeness (QED) is 0.269. The lowest BCUT2D eigenvalue weighted by Gasteiger charge is -2.36. The predicted molar refractivity (Wildman–Crippen MR) is 146 cm³/mol. The maximum absolute atomic E-state index is 14.8. The fourth-order valence-corrected chi connectivity index (χ4v) is 5.03. The van der Waals surface area contributed by atoms with E-state index in [2.05, 4.69) is 20.0 Å². The number of imidazole rings is 1. The minimum atomic E-state index is -0.315. The Morgan fingerprint density at radius 3 is 2.62 bits per heavy atom. The van der Waals surface area contributed by atoms with Crippen molar-refractivity contribution in [3.05, 3.63) is 52.9 Å². The number of aryl methyl sites for hydroxylation is 1. The molecule has 1 aromatic carbocycles. The van der Waals surface area contributed by atoms with E-state index in [0.29, 0.717) is 79.2 Å². The van der Waals surface area contributed by atoms with Gasteiger partial charge in [0.15, 0.2) is 17.1 Å². The van der Waals surface area contributed by atoms with Crippen molar-refractivity contribution in [3.8, 4) is 17.3 Å². The van der Waals surface area contributed by atoms with Crippen LogP contribution in [0, 0.1) is 5.82 Å². The van der Waals surface area contributed by atoms with Gasteiger partial charge in [-0.1, -0.05) is 0 Å². The van der Waals surface area contributed by atoms with Crippen molar-refractivity contribution < 1.29 is 18.3 Å². The Morgan fingerprint density at radius 1 is 1.07 bits per heavy atom. The number of hydrogen-bond donors (Lipinski definition) is 1. The van der Waals surface area contributed by atoms with Crippen molar-refractivity contribution in [3.63, 3.8) is 0 Å². The fourth-order valence-electron chi connectivity index (χ4n) is 5.03. The van der Waals surface area contributed by atoms with Crippen LogP contribution in [0.2, 0.25) is 0 Å². The topological polar surface area (TPSA) is 134 Å². The van der Waals surface area contributed by atoms with Crippen LogP contribution in [0.4, 0.5) is 16.0 Å². The van der Waals surface area contributed by atoms with Gasteiger partial charge < -0.3 is 24.5 Å². The highest BCUT2D eigenvalue weighted by Crippen LogP contribution is 2.26. The van der Waals surface area contributed by atoms with Crippen LogP contribution in [0.25, 0.3) is 28.4 Å². The molecule has 210 valence electrons. The van der Waals surface area contributed by atoms with Crippen molar-refractivity contribution in [1.29, 1.82) is 0 Å². The summed E-state index contributed by atoms with van der Waals surface area (Å²) in [4.78, 5) is 26.6. The van der Waals surface area contributed by atoms with Gasteiger partial charge in [0, 0.05) is 59.5 Å². The molecule has 1 aliphatic rings. The number of benzene rings is 1. The molecule has 0 amide bonds. The maximum atomic E-state index is 14.8. The molecule has 5 aromatic rings. The summed E-state index contributed by atoms with van der Waals surface area (Å²) in [6.07, 6.45) is 1.54. The minimum absolute atomic E-state index is 0.123. The first-order chi connectivity index (χ1) is 19.4. The second kappa shape index (κ2) is 10.6. The van der Waals surface area contributed by atoms with Crippen molar-refractivity contribution in [2.75, 3.05) is 63.7 Å². The Labute approximate surface area is 228 Å². The van der Waals surface area contributed by atoms with Crippen LogP contribution in [0.3, 0.4) is 0 Å². The first-order valence-corrected chi connectivity index (χ1v) is 13.0. The molecular formula is C26H30FN9O4. The molecule has 5 heterocycles. The summed E-state index contributed by atoms with van der Waals surface area (Å²) in [5.74, 6) is 1.13. The Balaban J connectivity index is 1.15. The van der Waals surface area contributed by atoms with Crippen LogP contribution in [-0.4, -0.2) is 86.7 Å². The second-order valence-corrected chi connectivity index (χ2v) is 9.57. The van der Waals surface area contributed by atoms with E-state index < -0.39 is 0 Å². The Bertz CT molecular complexity index is 1700. The number of hydrogen-bond acceptors (Lipinski definition) is 10. The molecule has 0 aliphatic carbocycles. The third-order valence-electron chi connectivity index (χ3n) is 7.15. The van der Waals surface area contributed by atoms with Gasteiger partial charge >= 0.3 is 5.69 Å². The molecule has 1 saturated heterocycles. The number of nitrogen functional groups attached to an aromatic ring is 1. The van der Waals surface area contributed by atoms with Crippen molar-refractivity contribution in [2.24, 2.45) is 7.05 Å². The van der Waals surface area contributed by atoms with Gasteiger partial charge in [-0.3, -0.25) is 14.0 Å². The summed E-state index contributed by atoms with van der Waals surface area (Å²) in [6, 6.07) is 8.43. The highest BCUT2D eigenvalue weighted by Gasteiger charge is 2.23. The van der Waals surface area contributed by atoms with Crippen LogP contribution >= 0.6 is 0 Å². The second-order valence-electron chi connectivity index (χ2n) is 9.57. The molecule has 2 N–H and O–H groups in total. The molecule has 13 nitrogen and oxygen atoms in total. The number of furan rings is 1. The summed E-state index contributed by atoms with van der Waals surface area (Å²) < 4.78 is 35.2. The van der Waals surface area contributed by atoms with Gasteiger partial charge in [0.2, 0.25) is 11.8 Å². The Kier molecular flexibility index (Phi) is 6.86. The van der Waals surface area contributed by atoms with E-state index in [1.165, 1.54) is 21.4 Å². The molecule has 0 atom stereocenters. The molecule has 40 heavy (non-hydrogen) atoms. The number of fused-ring (bicyclic) bond motifs is 3. The van der Waals surface area contributed by atoms with Crippen LogP contribution in [0.15, 0.2) is 45.8 Å². The zero-order valence-corrected chi connectivity index (χ0v) is 22.3. The zero-order chi connectivity index (χ0) is 27.8. The normalized spacial score (nSPS) is 14.5. The van der Waals surface area contributed by atoms with Gasteiger partial charge in [0.25, 0.3) is 0 Å². The highest BCUT2D eigenvalue weighted by molar-refractivity contribution is 5.88. The standard InChI is InChI=1S/C26H30FN9O4/c1-32-21-23(30-25(28)36-24(21)29-22(31-36)20-4-3-13-40-20)35(26(32)37)12-9-33-7-10-34(11-8-33)19-6-5-17(16-18(19)27)39-15-14-38-2/h3-6,13,16H,7-12,14-15H2,1-2H3,(H2,28,30). The molecule has 4 aromatic heterocycles. The van der Waals surface area contributed by atoms with E-state index in [4.69, 9.17) is 19.6 Å². The van der Waals surface area contributed by atoms with Gasteiger partial charge in [0.1, 0.15) is 23.7 Å². The number of ether oxygens (including phenoxy) is 2. The lowest BCUT2D eigenvalue weighted by atomic mass is 10.2. The molecule has 14 heteroatoms. The van der Waals surface area contributed by atoms with Crippen LogP contribution < -0.4 is 21.1 Å². The molecule has 1 fully saturated rings. The van der Waals surface area contributed by atoms with Crippen LogP contribution in [0.1, 0.15) is 0 Å². The van der Waals surface area contributed by atoms with Gasteiger partial charge in [0.05, 0.1) is 18.6 Å². The van der Waals surface area contributed by atoms with Gasteiger partial charge in [-0.25, -0.2) is 14.2 Å². The van der Waals surface area contributed by atoms with E-state index in [1.807, 2.05) is 4.90 Å². The largest absolute Gasteiger partial charge is 0.491 e. The summed E-state index contributed by atoms with van der Waals surface area (Å²) in [5, 5.41) is 4.41. The first kappa shape index (κ1) is 25.8. The smallest absolute Gasteiger partial charge is 0.330 e. The van der Waals surface area contributed by atoms with E-state index in [1.54, 1.807) is 43.0 Å². The number of rotatable bonds is 9.